The molecule has 0 spiro atoms. The molecule has 0 amide bonds. The van der Waals surface area contributed by atoms with Crippen LogP contribution in [0.3, 0.4) is 0 Å². The number of piperazine rings is 1. The maximum absolute atomic E-state index is 15.0. The maximum Gasteiger partial charge on any atom is 0.341 e. The first kappa shape index (κ1) is 20.9. The van der Waals surface area contributed by atoms with Crippen LogP contribution in [-0.4, -0.2) is 53.0 Å². The van der Waals surface area contributed by atoms with E-state index in [0.717, 1.165) is 29.0 Å². The van der Waals surface area contributed by atoms with E-state index < -0.39 is 34.4 Å². The van der Waals surface area contributed by atoms with Crippen molar-refractivity contribution in [2.75, 3.05) is 31.1 Å². The number of nitrogens with one attached hydrogen (secondary N) is 1. The van der Waals surface area contributed by atoms with Crippen molar-refractivity contribution in [1.82, 2.24) is 9.88 Å². The summed E-state index contributed by atoms with van der Waals surface area (Å²) in [6.45, 7) is 1.04. The Bertz CT molecular complexity index is 1240. The number of aromatic nitrogens is 1. The second-order valence-corrected chi connectivity index (χ2v) is 7.24. The summed E-state index contributed by atoms with van der Waals surface area (Å²) in [5.41, 5.74) is -1.60. The molecule has 1 fully saturated rings. The second kappa shape index (κ2) is 8.05. The van der Waals surface area contributed by atoms with Crippen molar-refractivity contribution in [2.45, 2.75) is 6.04 Å². The first-order valence-corrected chi connectivity index (χ1v) is 9.47. The largest absolute Gasteiger partial charge is 0.477 e. The lowest BCUT2D eigenvalue weighted by Crippen LogP contribution is -2.52. The molecule has 0 aliphatic carbocycles. The molecule has 1 atom stereocenters. The smallest absolute Gasteiger partial charge is 0.341 e. The van der Waals surface area contributed by atoms with Crippen molar-refractivity contribution >= 4 is 22.6 Å². The number of aliphatic hydroxyl groups excluding tert-OH is 1. The molecule has 3 aromatic rings. The lowest BCUT2D eigenvalue weighted by atomic mass is 10.1. The fraction of sp³-hybridized carbons (Fsp3) is 0.238. The molecule has 31 heavy (non-hydrogen) atoms. The van der Waals surface area contributed by atoms with E-state index in [1.165, 1.54) is 6.07 Å². The number of aromatic carboxylic acids is 1. The average Bonchev–Trinajstić information content (AvgIpc) is 2.74. The van der Waals surface area contributed by atoms with Gasteiger partial charge in [0, 0.05) is 43.3 Å². The highest BCUT2D eigenvalue weighted by Crippen LogP contribution is 2.28. The third-order valence-electron chi connectivity index (χ3n) is 5.29. The summed E-state index contributed by atoms with van der Waals surface area (Å²) in [6, 6.07) is 4.71. The Hall–Kier alpha value is -3.37. The number of anilines is 1. The van der Waals surface area contributed by atoms with Crippen LogP contribution < -0.4 is 15.6 Å². The number of carbonyl (C=O) groups is 1. The summed E-state index contributed by atoms with van der Waals surface area (Å²) in [6.07, 6.45) is 0.944. The van der Waals surface area contributed by atoms with E-state index in [-0.39, 0.29) is 34.9 Å². The van der Waals surface area contributed by atoms with E-state index >= 15 is 0 Å². The predicted molar refractivity (Wildman–Crippen MR) is 107 cm³/mol. The van der Waals surface area contributed by atoms with Crippen LogP contribution in [0, 0.1) is 17.5 Å². The van der Waals surface area contributed by atoms with Gasteiger partial charge in [0.1, 0.15) is 23.0 Å². The van der Waals surface area contributed by atoms with E-state index in [9.17, 15) is 33.0 Å². The molecular weight excluding hydrogens is 415 g/mol. The van der Waals surface area contributed by atoms with Gasteiger partial charge in [-0.1, -0.05) is 0 Å². The van der Waals surface area contributed by atoms with Gasteiger partial charge in [0.05, 0.1) is 23.5 Å². The summed E-state index contributed by atoms with van der Waals surface area (Å²) < 4.78 is 44.0. The minimum absolute atomic E-state index is 0.0657. The van der Waals surface area contributed by atoms with E-state index in [4.69, 9.17) is 0 Å². The topological polar surface area (TPSA) is 94.8 Å². The van der Waals surface area contributed by atoms with Gasteiger partial charge < -0.3 is 25.0 Å². The van der Waals surface area contributed by atoms with Crippen LogP contribution in [0.1, 0.15) is 10.4 Å². The standard InChI is InChI=1S/C21H18F3N3O4/c22-11-1-2-17(15(23)5-11)27-9-14(21(30)31)20(29)13-6-16(24)19(7-18(13)27)26-4-3-25-12(8-26)10-28/h1-2,5-7,9,12,25,28H,3-4,8,10H2,(H,30,31). The van der Waals surface area contributed by atoms with Crippen molar-refractivity contribution in [2.24, 2.45) is 0 Å². The van der Waals surface area contributed by atoms with Crippen molar-refractivity contribution in [1.29, 1.82) is 0 Å². The normalized spacial score (nSPS) is 16.6. The number of halogens is 3. The number of hydrogen-bond donors (Lipinski definition) is 3. The molecule has 1 aliphatic heterocycles. The van der Waals surface area contributed by atoms with Crippen LogP contribution in [0.5, 0.6) is 0 Å². The van der Waals surface area contributed by atoms with Gasteiger partial charge in [-0.3, -0.25) is 4.79 Å². The zero-order valence-electron chi connectivity index (χ0n) is 16.1. The quantitative estimate of drug-likeness (QED) is 0.582. The van der Waals surface area contributed by atoms with Gasteiger partial charge in [-0.15, -0.1) is 0 Å². The SMILES string of the molecule is O=C(O)c1cn(-c2ccc(F)cc2F)c2cc(N3CCNC(CO)C3)c(F)cc2c1=O. The second-order valence-electron chi connectivity index (χ2n) is 7.24. The van der Waals surface area contributed by atoms with Crippen molar-refractivity contribution in [3.05, 3.63) is 69.8 Å². The van der Waals surface area contributed by atoms with Gasteiger partial charge in [0.15, 0.2) is 0 Å². The maximum atomic E-state index is 15.0. The Morgan fingerprint density at radius 1 is 1.13 bits per heavy atom. The minimum Gasteiger partial charge on any atom is -0.477 e. The number of rotatable bonds is 4. The van der Waals surface area contributed by atoms with Crippen LogP contribution in [0.15, 0.2) is 41.3 Å². The first-order valence-electron chi connectivity index (χ1n) is 9.47. The summed E-state index contributed by atoms with van der Waals surface area (Å²) in [5.74, 6) is -4.11. The lowest BCUT2D eigenvalue weighted by Gasteiger charge is -2.34. The first-order chi connectivity index (χ1) is 14.8. The molecule has 162 valence electrons. The lowest BCUT2D eigenvalue weighted by molar-refractivity contribution is 0.0695. The van der Waals surface area contributed by atoms with Crippen molar-refractivity contribution < 1.29 is 28.2 Å². The highest BCUT2D eigenvalue weighted by atomic mass is 19.1. The molecule has 1 aliphatic rings. The summed E-state index contributed by atoms with van der Waals surface area (Å²) in [4.78, 5) is 25.9. The molecule has 7 nitrogen and oxygen atoms in total. The Morgan fingerprint density at radius 2 is 1.87 bits per heavy atom. The van der Waals surface area contributed by atoms with E-state index in [0.29, 0.717) is 25.7 Å². The molecule has 0 radical (unpaired) electrons. The number of pyridine rings is 1. The van der Waals surface area contributed by atoms with E-state index in [1.54, 1.807) is 4.90 Å². The van der Waals surface area contributed by atoms with E-state index in [2.05, 4.69) is 5.32 Å². The van der Waals surface area contributed by atoms with Crippen molar-refractivity contribution in [3.63, 3.8) is 0 Å². The van der Waals surface area contributed by atoms with Gasteiger partial charge >= 0.3 is 5.97 Å². The number of carboxylic acid groups (broad SMARTS) is 1. The Labute approximate surface area is 174 Å². The molecule has 4 rings (SSSR count). The van der Waals surface area contributed by atoms with Crippen LogP contribution in [0.25, 0.3) is 16.6 Å². The zero-order chi connectivity index (χ0) is 22.3. The van der Waals surface area contributed by atoms with Gasteiger partial charge in [0.25, 0.3) is 0 Å². The molecule has 3 N–H and O–H groups in total. The molecule has 1 unspecified atom stereocenters. The average molecular weight is 433 g/mol. The van der Waals surface area contributed by atoms with Crippen molar-refractivity contribution in [3.8, 4) is 5.69 Å². The molecule has 1 aromatic heterocycles. The van der Waals surface area contributed by atoms with E-state index in [1.807, 2.05) is 0 Å². The molecule has 10 heteroatoms. The number of carboxylic acids is 1. The fourth-order valence-corrected chi connectivity index (χ4v) is 3.77. The molecular formula is C21H18F3N3O4. The predicted octanol–water partition coefficient (Wildman–Crippen LogP) is 1.88. The molecule has 0 bridgehead atoms. The Kier molecular flexibility index (Phi) is 5.42. The minimum atomic E-state index is -1.56. The highest BCUT2D eigenvalue weighted by molar-refractivity contribution is 5.94. The summed E-state index contributed by atoms with van der Waals surface area (Å²) >= 11 is 0. The summed E-state index contributed by atoms with van der Waals surface area (Å²) in [5, 5.41) is 21.6. The zero-order valence-corrected chi connectivity index (χ0v) is 16.1. The fourth-order valence-electron chi connectivity index (χ4n) is 3.77. The number of hydrogen-bond acceptors (Lipinski definition) is 5. The van der Waals surface area contributed by atoms with Crippen LogP contribution >= 0.6 is 0 Å². The summed E-state index contributed by atoms with van der Waals surface area (Å²) in [7, 11) is 0. The van der Waals surface area contributed by atoms with Gasteiger partial charge in [-0.05, 0) is 24.3 Å². The number of aliphatic hydroxyl groups is 1. The van der Waals surface area contributed by atoms with Gasteiger partial charge in [-0.2, -0.15) is 0 Å². The Morgan fingerprint density at radius 3 is 2.55 bits per heavy atom. The van der Waals surface area contributed by atoms with Gasteiger partial charge in [0.2, 0.25) is 5.43 Å². The molecule has 0 saturated carbocycles. The number of benzene rings is 2. The monoisotopic (exact) mass is 433 g/mol. The van der Waals surface area contributed by atoms with Crippen LogP contribution in [0.4, 0.5) is 18.9 Å². The Balaban J connectivity index is 1.99. The third kappa shape index (κ3) is 3.75. The number of fused-ring (bicyclic) bond motifs is 1. The molecule has 2 heterocycles. The van der Waals surface area contributed by atoms with Crippen LogP contribution in [0.2, 0.25) is 0 Å². The van der Waals surface area contributed by atoms with Crippen LogP contribution in [-0.2, 0) is 0 Å². The molecule has 2 aromatic carbocycles. The molecule has 1 saturated heterocycles. The highest BCUT2D eigenvalue weighted by Gasteiger charge is 2.24. The van der Waals surface area contributed by atoms with Gasteiger partial charge in [-0.25, -0.2) is 18.0 Å². The third-order valence-corrected chi connectivity index (χ3v) is 5.29. The number of nitrogens with zero attached hydrogens (tertiary/aromatic N) is 2.